The van der Waals surface area contributed by atoms with Gasteiger partial charge in [-0.15, -0.1) is 0 Å². The van der Waals surface area contributed by atoms with Crippen molar-refractivity contribution in [2.24, 2.45) is 0 Å². The van der Waals surface area contributed by atoms with Gasteiger partial charge in [-0.3, -0.25) is 14.0 Å². The molecule has 1 aliphatic rings. The van der Waals surface area contributed by atoms with Crippen LogP contribution in [-0.4, -0.2) is 45.6 Å². The lowest BCUT2D eigenvalue weighted by molar-refractivity contribution is 0.0951. The molecule has 1 amide bonds. The molecule has 1 N–H and O–H groups in total. The fourth-order valence-corrected chi connectivity index (χ4v) is 4.07. The van der Waals surface area contributed by atoms with Crippen LogP contribution in [0.3, 0.4) is 0 Å². The highest BCUT2D eigenvalue weighted by molar-refractivity contribution is 7.92. The molecule has 0 radical (unpaired) electrons. The summed E-state index contributed by atoms with van der Waals surface area (Å²) >= 11 is 0. The zero-order valence-corrected chi connectivity index (χ0v) is 18.1. The predicted octanol–water partition coefficient (Wildman–Crippen LogP) is 2.92. The number of hydrogen-bond donors (Lipinski definition) is 1. The molecule has 6 nitrogen and oxygen atoms in total. The van der Waals surface area contributed by atoms with Crippen LogP contribution >= 0.6 is 0 Å². The van der Waals surface area contributed by atoms with Gasteiger partial charge in [0.1, 0.15) is 0 Å². The second kappa shape index (κ2) is 8.97. The first-order valence-corrected chi connectivity index (χ1v) is 11.7. The SMILES string of the molecule is Cc1ccc(C(=O)NCc2ccc(CN3CCCC3)cc2)cc1N(C)S(C)(=O)=O. The van der Waals surface area contributed by atoms with Crippen molar-refractivity contribution in [2.75, 3.05) is 30.7 Å². The van der Waals surface area contributed by atoms with Gasteiger partial charge in [0.2, 0.25) is 10.0 Å². The summed E-state index contributed by atoms with van der Waals surface area (Å²) in [4.78, 5) is 15.0. The first-order valence-electron chi connectivity index (χ1n) is 9.87. The standard InChI is InChI=1S/C22H29N3O3S/c1-17-6-11-20(14-21(17)24(2)29(3,27)28)22(26)23-15-18-7-9-19(10-8-18)16-25-12-4-5-13-25/h6-11,14H,4-5,12-13,15-16H2,1-3H3,(H,23,26). The maximum Gasteiger partial charge on any atom is 0.251 e. The summed E-state index contributed by atoms with van der Waals surface area (Å²) in [6.07, 6.45) is 3.71. The lowest BCUT2D eigenvalue weighted by Gasteiger charge is -2.19. The number of benzene rings is 2. The Labute approximate surface area is 173 Å². The average Bonchev–Trinajstić information content (AvgIpc) is 3.19. The van der Waals surface area contributed by atoms with E-state index in [1.165, 1.54) is 42.8 Å². The minimum absolute atomic E-state index is 0.228. The topological polar surface area (TPSA) is 69.7 Å². The third-order valence-electron chi connectivity index (χ3n) is 5.39. The van der Waals surface area contributed by atoms with Crippen molar-refractivity contribution in [3.8, 4) is 0 Å². The number of anilines is 1. The van der Waals surface area contributed by atoms with E-state index in [2.05, 4.69) is 22.3 Å². The zero-order valence-electron chi connectivity index (χ0n) is 17.3. The van der Waals surface area contributed by atoms with Gasteiger partial charge in [0.15, 0.2) is 0 Å². The summed E-state index contributed by atoms with van der Waals surface area (Å²) in [5, 5.41) is 2.91. The van der Waals surface area contributed by atoms with Crippen molar-refractivity contribution < 1.29 is 13.2 Å². The number of carbonyl (C=O) groups is 1. The number of likely N-dealkylation sites (tertiary alicyclic amines) is 1. The molecule has 1 saturated heterocycles. The summed E-state index contributed by atoms with van der Waals surface area (Å²) in [5.41, 5.74) is 4.05. The van der Waals surface area contributed by atoms with Gasteiger partial charge < -0.3 is 5.32 Å². The fraction of sp³-hybridized carbons (Fsp3) is 0.409. The summed E-state index contributed by atoms with van der Waals surface area (Å²) in [5.74, 6) is -0.228. The van der Waals surface area contributed by atoms with Crippen LogP contribution in [0.5, 0.6) is 0 Å². The molecule has 0 atom stereocenters. The van der Waals surface area contributed by atoms with E-state index in [9.17, 15) is 13.2 Å². The highest BCUT2D eigenvalue weighted by Gasteiger charge is 2.17. The molecule has 1 aliphatic heterocycles. The third-order valence-corrected chi connectivity index (χ3v) is 6.58. The molecule has 2 aromatic carbocycles. The molecule has 0 spiro atoms. The van der Waals surface area contributed by atoms with E-state index in [4.69, 9.17) is 0 Å². The summed E-state index contributed by atoms with van der Waals surface area (Å²) in [7, 11) is -1.90. The van der Waals surface area contributed by atoms with Crippen LogP contribution in [0.4, 0.5) is 5.69 Å². The predicted molar refractivity (Wildman–Crippen MR) is 117 cm³/mol. The van der Waals surface area contributed by atoms with Gasteiger partial charge in [0, 0.05) is 25.7 Å². The van der Waals surface area contributed by atoms with Gasteiger partial charge in [-0.05, 0) is 61.7 Å². The van der Waals surface area contributed by atoms with E-state index in [-0.39, 0.29) is 5.91 Å². The highest BCUT2D eigenvalue weighted by atomic mass is 32.2. The molecular weight excluding hydrogens is 386 g/mol. The Balaban J connectivity index is 1.62. The molecule has 0 aliphatic carbocycles. The molecule has 1 fully saturated rings. The first kappa shape index (κ1) is 21.3. The van der Waals surface area contributed by atoms with E-state index in [0.29, 0.717) is 17.8 Å². The second-order valence-electron chi connectivity index (χ2n) is 7.71. The van der Waals surface area contributed by atoms with Crippen molar-refractivity contribution in [2.45, 2.75) is 32.9 Å². The first-order chi connectivity index (χ1) is 13.7. The molecular formula is C22H29N3O3S. The lowest BCUT2D eigenvalue weighted by Crippen LogP contribution is -2.27. The van der Waals surface area contributed by atoms with Crippen LogP contribution in [0, 0.1) is 6.92 Å². The molecule has 0 aromatic heterocycles. The molecule has 156 valence electrons. The number of nitrogens with one attached hydrogen (secondary N) is 1. The minimum Gasteiger partial charge on any atom is -0.348 e. The van der Waals surface area contributed by atoms with Gasteiger partial charge in [-0.2, -0.15) is 0 Å². The minimum atomic E-state index is -3.39. The van der Waals surface area contributed by atoms with Gasteiger partial charge >= 0.3 is 0 Å². The maximum atomic E-state index is 12.6. The molecule has 29 heavy (non-hydrogen) atoms. The number of carbonyl (C=O) groups excluding carboxylic acids is 1. The molecule has 3 rings (SSSR count). The Bertz CT molecular complexity index is 965. The number of amides is 1. The lowest BCUT2D eigenvalue weighted by atomic mass is 10.1. The maximum absolute atomic E-state index is 12.6. The van der Waals surface area contributed by atoms with Gasteiger partial charge in [-0.1, -0.05) is 30.3 Å². The monoisotopic (exact) mass is 415 g/mol. The van der Waals surface area contributed by atoms with E-state index >= 15 is 0 Å². The largest absolute Gasteiger partial charge is 0.348 e. The normalized spacial score (nSPS) is 14.7. The van der Waals surface area contributed by atoms with Crippen molar-refractivity contribution in [1.82, 2.24) is 10.2 Å². The van der Waals surface area contributed by atoms with Crippen LogP contribution in [-0.2, 0) is 23.1 Å². The van der Waals surface area contributed by atoms with Crippen molar-refractivity contribution in [3.63, 3.8) is 0 Å². The number of hydrogen-bond acceptors (Lipinski definition) is 4. The fourth-order valence-electron chi connectivity index (χ4n) is 3.51. The highest BCUT2D eigenvalue weighted by Crippen LogP contribution is 2.22. The molecule has 0 saturated carbocycles. The van der Waals surface area contributed by atoms with Crippen molar-refractivity contribution >= 4 is 21.6 Å². The van der Waals surface area contributed by atoms with Crippen LogP contribution in [0.2, 0.25) is 0 Å². The Morgan fingerprint density at radius 1 is 1.07 bits per heavy atom. The smallest absolute Gasteiger partial charge is 0.251 e. The van der Waals surface area contributed by atoms with Gasteiger partial charge in [0.25, 0.3) is 5.91 Å². The molecule has 0 unspecified atom stereocenters. The molecule has 7 heteroatoms. The molecule has 2 aromatic rings. The van der Waals surface area contributed by atoms with Crippen LogP contribution in [0.1, 0.15) is 39.9 Å². The van der Waals surface area contributed by atoms with Crippen molar-refractivity contribution in [3.05, 3.63) is 64.7 Å². The molecule has 1 heterocycles. The average molecular weight is 416 g/mol. The van der Waals surface area contributed by atoms with Gasteiger partial charge in [0.05, 0.1) is 11.9 Å². The van der Waals surface area contributed by atoms with E-state index in [1.807, 2.05) is 19.1 Å². The second-order valence-corrected chi connectivity index (χ2v) is 9.73. The summed E-state index contributed by atoms with van der Waals surface area (Å²) in [6.45, 7) is 5.57. The van der Waals surface area contributed by atoms with Crippen LogP contribution in [0.25, 0.3) is 0 Å². The third kappa shape index (κ3) is 5.58. The van der Waals surface area contributed by atoms with Crippen LogP contribution < -0.4 is 9.62 Å². The van der Waals surface area contributed by atoms with E-state index in [0.717, 1.165) is 23.9 Å². The van der Waals surface area contributed by atoms with E-state index < -0.39 is 10.0 Å². The quantitative estimate of drug-likeness (QED) is 0.755. The van der Waals surface area contributed by atoms with Crippen molar-refractivity contribution in [1.29, 1.82) is 0 Å². The number of nitrogens with zero attached hydrogens (tertiary/aromatic N) is 2. The summed E-state index contributed by atoms with van der Waals surface area (Å²) in [6, 6.07) is 13.4. The Hall–Kier alpha value is -2.38. The Morgan fingerprint density at radius 3 is 2.31 bits per heavy atom. The summed E-state index contributed by atoms with van der Waals surface area (Å²) < 4.78 is 24.9. The number of rotatable bonds is 7. The number of sulfonamides is 1. The van der Waals surface area contributed by atoms with E-state index in [1.54, 1.807) is 18.2 Å². The zero-order chi connectivity index (χ0) is 21.0. The Kier molecular flexibility index (Phi) is 6.59. The number of aryl methyl sites for hydroxylation is 1. The van der Waals surface area contributed by atoms with Gasteiger partial charge in [-0.25, -0.2) is 8.42 Å². The van der Waals surface area contributed by atoms with Crippen LogP contribution in [0.15, 0.2) is 42.5 Å². The Morgan fingerprint density at radius 2 is 1.69 bits per heavy atom. The molecule has 0 bridgehead atoms.